The van der Waals surface area contributed by atoms with Crippen molar-refractivity contribution in [1.29, 1.82) is 0 Å². The molecule has 0 saturated heterocycles. The van der Waals surface area contributed by atoms with E-state index in [9.17, 15) is 4.79 Å². The maximum atomic E-state index is 12.9. The van der Waals surface area contributed by atoms with Crippen molar-refractivity contribution >= 4 is 17.4 Å². The predicted octanol–water partition coefficient (Wildman–Crippen LogP) is 3.99. The fourth-order valence-corrected chi connectivity index (χ4v) is 3.43. The highest BCUT2D eigenvalue weighted by Gasteiger charge is 2.31. The van der Waals surface area contributed by atoms with Crippen LogP contribution in [0.5, 0.6) is 0 Å². The van der Waals surface area contributed by atoms with Crippen molar-refractivity contribution in [2.75, 3.05) is 10.2 Å². The van der Waals surface area contributed by atoms with Crippen LogP contribution in [0.4, 0.5) is 11.5 Å². The first-order valence-corrected chi connectivity index (χ1v) is 9.15. The molecule has 136 valence electrons. The number of amides is 1. The van der Waals surface area contributed by atoms with Crippen molar-refractivity contribution in [3.05, 3.63) is 83.3 Å². The highest BCUT2D eigenvalue weighted by molar-refractivity contribution is 6.06. The quantitative estimate of drug-likeness (QED) is 0.766. The fourth-order valence-electron chi connectivity index (χ4n) is 3.43. The second-order valence-electron chi connectivity index (χ2n) is 6.98. The van der Waals surface area contributed by atoms with Crippen LogP contribution >= 0.6 is 0 Å². The molecule has 1 aliphatic heterocycles. The van der Waals surface area contributed by atoms with Gasteiger partial charge in [0.25, 0.3) is 5.91 Å². The molecule has 0 bridgehead atoms. The first-order valence-electron chi connectivity index (χ1n) is 9.15. The number of aromatic nitrogens is 2. The summed E-state index contributed by atoms with van der Waals surface area (Å²) in [5.41, 5.74) is 4.93. The zero-order chi connectivity index (χ0) is 18.8. The molecule has 0 fully saturated rings. The van der Waals surface area contributed by atoms with Gasteiger partial charge in [0, 0.05) is 18.3 Å². The van der Waals surface area contributed by atoms with Crippen LogP contribution in [0.2, 0.25) is 0 Å². The fraction of sp³-hybridized carbons (Fsp3) is 0.227. The number of hydrogen-bond donors (Lipinski definition) is 1. The lowest BCUT2D eigenvalue weighted by Gasteiger charge is -2.22. The molecule has 0 radical (unpaired) electrons. The molecule has 4 rings (SSSR count). The third-order valence-corrected chi connectivity index (χ3v) is 4.89. The molecule has 0 spiro atoms. The third-order valence-electron chi connectivity index (χ3n) is 4.89. The van der Waals surface area contributed by atoms with Crippen molar-refractivity contribution in [3.63, 3.8) is 0 Å². The van der Waals surface area contributed by atoms with Gasteiger partial charge in [0.15, 0.2) is 0 Å². The number of carbonyl (C=O) groups excluding carboxylic acids is 1. The lowest BCUT2D eigenvalue weighted by atomic mass is 10.1. The number of benzene rings is 2. The second kappa shape index (κ2) is 7.19. The maximum absolute atomic E-state index is 12.9. The van der Waals surface area contributed by atoms with Crippen molar-refractivity contribution in [3.8, 4) is 0 Å². The van der Waals surface area contributed by atoms with Gasteiger partial charge in [-0.05, 0) is 37.5 Å². The molecule has 1 N–H and O–H groups in total. The number of nitrogens with zero attached hydrogens (tertiary/aromatic N) is 3. The van der Waals surface area contributed by atoms with E-state index in [1.165, 1.54) is 16.7 Å². The van der Waals surface area contributed by atoms with Crippen molar-refractivity contribution in [2.24, 2.45) is 0 Å². The minimum Gasteiger partial charge on any atom is -0.365 e. The monoisotopic (exact) mass is 358 g/mol. The highest BCUT2D eigenvalue weighted by atomic mass is 16.2. The van der Waals surface area contributed by atoms with E-state index in [1.54, 1.807) is 12.4 Å². The minimum atomic E-state index is -0.106. The number of carbonyl (C=O) groups is 1. The average molecular weight is 358 g/mol. The number of nitrogens with one attached hydrogen (secondary N) is 1. The van der Waals surface area contributed by atoms with Crippen molar-refractivity contribution in [2.45, 2.75) is 32.9 Å². The molecule has 3 aromatic rings. The molecule has 5 nitrogen and oxygen atoms in total. The Labute approximate surface area is 159 Å². The minimum absolute atomic E-state index is 0.106. The van der Waals surface area contributed by atoms with Gasteiger partial charge in [0.05, 0.1) is 12.4 Å². The van der Waals surface area contributed by atoms with Crippen LogP contribution < -0.4 is 10.2 Å². The maximum Gasteiger partial charge on any atom is 0.278 e. The molecule has 5 heteroatoms. The second-order valence-corrected chi connectivity index (χ2v) is 6.98. The number of para-hydroxylation sites is 1. The Morgan fingerprint density at radius 3 is 2.63 bits per heavy atom. The van der Waals surface area contributed by atoms with Crippen molar-refractivity contribution in [1.82, 2.24) is 9.97 Å². The summed E-state index contributed by atoms with van der Waals surface area (Å²) >= 11 is 0. The largest absolute Gasteiger partial charge is 0.365 e. The smallest absolute Gasteiger partial charge is 0.278 e. The lowest BCUT2D eigenvalue weighted by Crippen LogP contribution is -2.36. The SMILES string of the molecule is Cc1ccc(CNc2cnc(C(=O)N3c4ccccc4CC3C)cn2)cc1. The van der Waals surface area contributed by atoms with Gasteiger partial charge in [-0.25, -0.2) is 9.97 Å². The van der Waals surface area contributed by atoms with Gasteiger partial charge >= 0.3 is 0 Å². The summed E-state index contributed by atoms with van der Waals surface area (Å²) in [6, 6.07) is 16.5. The summed E-state index contributed by atoms with van der Waals surface area (Å²) in [4.78, 5) is 23.5. The van der Waals surface area contributed by atoms with Crippen LogP contribution in [0.1, 0.15) is 34.1 Å². The van der Waals surface area contributed by atoms with E-state index in [-0.39, 0.29) is 11.9 Å². The molecule has 1 unspecified atom stereocenters. The van der Waals surface area contributed by atoms with E-state index in [0.29, 0.717) is 18.1 Å². The standard InChI is InChI=1S/C22H22N4O/c1-15-7-9-17(10-8-15)12-24-21-14-23-19(13-25-21)22(27)26-16(2)11-18-5-3-4-6-20(18)26/h3-10,13-14,16H,11-12H2,1-2H3,(H,24,25). The number of hydrogen-bond acceptors (Lipinski definition) is 4. The molecule has 2 aromatic carbocycles. The molecule has 0 saturated carbocycles. The summed E-state index contributed by atoms with van der Waals surface area (Å²) < 4.78 is 0. The normalized spacial score (nSPS) is 15.5. The Balaban J connectivity index is 1.46. The summed E-state index contributed by atoms with van der Waals surface area (Å²) in [5.74, 6) is 0.548. The van der Waals surface area contributed by atoms with Crippen LogP contribution in [0.15, 0.2) is 60.9 Å². The highest BCUT2D eigenvalue weighted by Crippen LogP contribution is 2.32. The lowest BCUT2D eigenvalue weighted by molar-refractivity contribution is 0.0976. The van der Waals surface area contributed by atoms with Crippen LogP contribution in [0, 0.1) is 6.92 Å². The Bertz CT molecular complexity index is 951. The van der Waals surface area contributed by atoms with Gasteiger partial charge in [-0.15, -0.1) is 0 Å². The molecule has 1 aromatic heterocycles. The Kier molecular flexibility index (Phi) is 4.59. The first-order chi connectivity index (χ1) is 13.1. The summed E-state index contributed by atoms with van der Waals surface area (Å²) in [7, 11) is 0. The summed E-state index contributed by atoms with van der Waals surface area (Å²) in [6.07, 6.45) is 4.03. The van der Waals surface area contributed by atoms with E-state index in [4.69, 9.17) is 0 Å². The summed E-state index contributed by atoms with van der Waals surface area (Å²) in [5, 5.41) is 3.24. The molecule has 1 amide bonds. The third kappa shape index (κ3) is 3.53. The van der Waals surface area contributed by atoms with E-state index in [1.807, 2.05) is 23.1 Å². The molecule has 1 aliphatic rings. The molecular weight excluding hydrogens is 336 g/mol. The van der Waals surface area contributed by atoms with Crippen LogP contribution in [0.25, 0.3) is 0 Å². The van der Waals surface area contributed by atoms with Crippen LogP contribution in [-0.2, 0) is 13.0 Å². The molecule has 1 atom stereocenters. The molecular formula is C22H22N4O. The van der Waals surface area contributed by atoms with E-state index < -0.39 is 0 Å². The Morgan fingerprint density at radius 1 is 1.11 bits per heavy atom. The van der Waals surface area contributed by atoms with Gasteiger partial charge in [-0.2, -0.15) is 0 Å². The molecule has 2 heterocycles. The molecule has 0 aliphatic carbocycles. The van der Waals surface area contributed by atoms with E-state index >= 15 is 0 Å². The van der Waals surface area contributed by atoms with Gasteiger partial charge < -0.3 is 10.2 Å². The van der Waals surface area contributed by atoms with Crippen molar-refractivity contribution < 1.29 is 4.79 Å². The van der Waals surface area contributed by atoms with E-state index in [0.717, 1.165) is 12.1 Å². The van der Waals surface area contributed by atoms with Crippen LogP contribution in [0.3, 0.4) is 0 Å². The number of aryl methyl sites for hydroxylation is 1. The predicted molar refractivity (Wildman–Crippen MR) is 107 cm³/mol. The van der Waals surface area contributed by atoms with Gasteiger partial charge in [-0.1, -0.05) is 48.0 Å². The Morgan fingerprint density at radius 2 is 1.89 bits per heavy atom. The zero-order valence-electron chi connectivity index (χ0n) is 15.5. The number of fused-ring (bicyclic) bond motifs is 1. The van der Waals surface area contributed by atoms with Gasteiger partial charge in [0.2, 0.25) is 0 Å². The molecule has 27 heavy (non-hydrogen) atoms. The Hall–Kier alpha value is -3.21. The topological polar surface area (TPSA) is 58.1 Å². The first kappa shape index (κ1) is 17.2. The zero-order valence-corrected chi connectivity index (χ0v) is 15.5. The average Bonchev–Trinajstić information content (AvgIpc) is 3.03. The summed E-state index contributed by atoms with van der Waals surface area (Å²) in [6.45, 7) is 4.79. The van der Waals surface area contributed by atoms with Gasteiger partial charge in [-0.3, -0.25) is 4.79 Å². The number of rotatable bonds is 4. The number of anilines is 2. The van der Waals surface area contributed by atoms with Crippen LogP contribution in [-0.4, -0.2) is 21.9 Å². The van der Waals surface area contributed by atoms with E-state index in [2.05, 4.69) is 59.5 Å². The van der Waals surface area contributed by atoms with Gasteiger partial charge in [0.1, 0.15) is 11.5 Å².